The van der Waals surface area contributed by atoms with Gasteiger partial charge in [-0.15, -0.1) is 0 Å². The molecule has 0 aromatic carbocycles. The Hall–Kier alpha value is -1.86. The third-order valence-corrected chi connectivity index (χ3v) is 16.8. The van der Waals surface area contributed by atoms with Crippen LogP contribution in [-0.2, 0) is 23.8 Å². The number of rotatable bonds is 62. The number of hydrogen-bond donors (Lipinski definition) is 6. The second kappa shape index (κ2) is 59.9. The number of unbranched alkanes of at least 4 members (excludes halogenated alkanes) is 46. The molecule has 0 aliphatic carbocycles. The molecule has 0 saturated carbocycles. The lowest BCUT2D eigenvalue weighted by Gasteiger charge is -2.40. The Morgan fingerprint density at radius 3 is 1.22 bits per heavy atom. The first-order valence-electron chi connectivity index (χ1n) is 35.1. The molecule has 7 unspecified atom stereocenters. The number of nitrogens with one attached hydrogen (secondary N) is 1. The number of amides is 1. The van der Waals surface area contributed by atoms with E-state index in [4.69, 9.17) is 14.2 Å². The van der Waals surface area contributed by atoms with E-state index in [9.17, 15) is 35.1 Å². The van der Waals surface area contributed by atoms with Gasteiger partial charge in [-0.2, -0.15) is 0 Å². The minimum atomic E-state index is -1.57. The van der Waals surface area contributed by atoms with Crippen LogP contribution in [0.1, 0.15) is 348 Å². The summed E-state index contributed by atoms with van der Waals surface area (Å²) < 4.78 is 16.7. The van der Waals surface area contributed by atoms with Crippen LogP contribution in [0.3, 0.4) is 0 Å². The SMILES string of the molecule is CCCCC/C=C/CC/C=C/C(O)C(COC1OC(CO)C(O)C(O)C1O)NC(=O)CCCCCCCCCCCCCCCCCCCCCCCCCCCCCCCCCCCOC(=O)CCCCCCCCCCCCC. The lowest BCUT2D eigenvalue weighted by Crippen LogP contribution is -2.60. The fourth-order valence-electron chi connectivity index (χ4n) is 11.3. The minimum Gasteiger partial charge on any atom is -0.466 e. The van der Waals surface area contributed by atoms with Gasteiger partial charge in [-0.05, 0) is 44.9 Å². The predicted octanol–water partition coefficient (Wildman–Crippen LogP) is 17.6. The Morgan fingerprint density at radius 1 is 0.444 bits per heavy atom. The highest BCUT2D eigenvalue weighted by molar-refractivity contribution is 5.76. The summed E-state index contributed by atoms with van der Waals surface area (Å²) >= 11 is 0. The van der Waals surface area contributed by atoms with Gasteiger partial charge in [-0.1, -0.05) is 314 Å². The lowest BCUT2D eigenvalue weighted by molar-refractivity contribution is -0.302. The monoisotopic (exact) mass is 1150 g/mol. The molecular formula is C70H133NO10. The summed E-state index contributed by atoms with van der Waals surface area (Å²) in [7, 11) is 0. The van der Waals surface area contributed by atoms with Crippen molar-refractivity contribution in [3.63, 3.8) is 0 Å². The van der Waals surface area contributed by atoms with Crippen molar-refractivity contribution in [1.29, 1.82) is 0 Å². The minimum absolute atomic E-state index is 0.0143. The topological polar surface area (TPSA) is 175 Å². The van der Waals surface area contributed by atoms with Gasteiger partial charge in [-0.3, -0.25) is 9.59 Å². The van der Waals surface area contributed by atoms with E-state index in [2.05, 4.69) is 31.3 Å². The van der Waals surface area contributed by atoms with E-state index in [0.29, 0.717) is 19.4 Å². The molecular weight excluding hydrogens is 1010 g/mol. The highest BCUT2D eigenvalue weighted by Crippen LogP contribution is 2.23. The maximum atomic E-state index is 13.0. The van der Waals surface area contributed by atoms with Crippen molar-refractivity contribution in [2.45, 2.75) is 391 Å². The zero-order valence-corrected chi connectivity index (χ0v) is 53.0. The zero-order valence-electron chi connectivity index (χ0n) is 53.0. The molecule has 0 spiro atoms. The largest absolute Gasteiger partial charge is 0.466 e. The number of hydrogen-bond acceptors (Lipinski definition) is 10. The zero-order chi connectivity index (χ0) is 58.7. The molecule has 11 heteroatoms. The van der Waals surface area contributed by atoms with Crippen LogP contribution in [0.25, 0.3) is 0 Å². The van der Waals surface area contributed by atoms with Crippen molar-refractivity contribution < 1.29 is 49.3 Å². The molecule has 81 heavy (non-hydrogen) atoms. The summed E-state index contributed by atoms with van der Waals surface area (Å²) in [6.07, 6.45) is 64.9. The summed E-state index contributed by atoms with van der Waals surface area (Å²) in [4.78, 5) is 25.0. The molecule has 0 aromatic heterocycles. The molecule has 1 amide bonds. The first-order chi connectivity index (χ1) is 39.7. The molecule has 0 aromatic rings. The Balaban J connectivity index is 1.89. The van der Waals surface area contributed by atoms with Crippen molar-refractivity contribution in [2.24, 2.45) is 0 Å². The number of carbonyl (C=O) groups excluding carboxylic acids is 2. The maximum Gasteiger partial charge on any atom is 0.305 e. The number of aliphatic hydroxyl groups excluding tert-OH is 5. The van der Waals surface area contributed by atoms with Crippen molar-refractivity contribution in [3.05, 3.63) is 24.3 Å². The van der Waals surface area contributed by atoms with E-state index < -0.39 is 49.5 Å². The quantitative estimate of drug-likeness (QED) is 0.0195. The van der Waals surface area contributed by atoms with Crippen LogP contribution < -0.4 is 5.32 Å². The number of ether oxygens (including phenoxy) is 3. The number of aliphatic hydroxyl groups is 5. The third kappa shape index (κ3) is 49.0. The van der Waals surface area contributed by atoms with Crippen LogP contribution in [0.2, 0.25) is 0 Å². The van der Waals surface area contributed by atoms with E-state index in [1.807, 2.05) is 6.08 Å². The molecule has 1 aliphatic heterocycles. The molecule has 1 heterocycles. The molecule has 7 atom stereocenters. The maximum absolute atomic E-state index is 13.0. The summed E-state index contributed by atoms with van der Waals surface area (Å²) in [6.45, 7) is 4.31. The Morgan fingerprint density at radius 2 is 0.802 bits per heavy atom. The normalized spacial score (nSPS) is 18.3. The second-order valence-corrected chi connectivity index (χ2v) is 24.6. The number of esters is 1. The highest BCUT2D eigenvalue weighted by atomic mass is 16.7. The number of carbonyl (C=O) groups is 2. The molecule has 0 bridgehead atoms. The van der Waals surface area contributed by atoms with E-state index in [-0.39, 0.29) is 18.5 Å². The molecule has 6 N–H and O–H groups in total. The van der Waals surface area contributed by atoms with E-state index in [1.165, 1.54) is 270 Å². The van der Waals surface area contributed by atoms with Gasteiger partial charge in [0.2, 0.25) is 5.91 Å². The van der Waals surface area contributed by atoms with Crippen molar-refractivity contribution >= 4 is 11.9 Å². The van der Waals surface area contributed by atoms with Gasteiger partial charge in [0, 0.05) is 12.8 Å². The standard InChI is InChI=1S/C70H133NO10/c1-3-5-7-9-11-13-37-42-46-50-54-58-66(75)79-59-55-51-47-43-39-36-34-32-30-28-26-24-22-20-18-16-14-15-17-19-21-23-25-27-29-31-33-35-38-41-45-49-53-57-65(74)71-62(63(73)56-52-48-44-40-12-10-8-6-4-2)61-80-70-69(78)68(77)67(76)64(60-72)81-70/h12,40,52,56,62-64,67-70,72-73,76-78H,3-11,13-39,41-51,53-55,57-61H2,1-2H3,(H,71,74)/b40-12+,56-52+. The van der Waals surface area contributed by atoms with E-state index >= 15 is 0 Å². The molecule has 1 aliphatic rings. The van der Waals surface area contributed by atoms with Crippen molar-refractivity contribution in [1.82, 2.24) is 5.32 Å². The average molecular weight is 1150 g/mol. The van der Waals surface area contributed by atoms with Crippen molar-refractivity contribution in [3.8, 4) is 0 Å². The summed E-state index contributed by atoms with van der Waals surface area (Å²) in [5, 5.41) is 54.2. The number of allylic oxidation sites excluding steroid dienone is 3. The van der Waals surface area contributed by atoms with E-state index in [0.717, 1.165) is 51.4 Å². The third-order valence-electron chi connectivity index (χ3n) is 16.8. The summed E-state index contributed by atoms with van der Waals surface area (Å²) in [6, 6.07) is -0.822. The second-order valence-electron chi connectivity index (χ2n) is 24.6. The van der Waals surface area contributed by atoms with Crippen LogP contribution in [0, 0.1) is 0 Å². The smallest absolute Gasteiger partial charge is 0.305 e. The van der Waals surface area contributed by atoms with Gasteiger partial charge in [-0.25, -0.2) is 0 Å². The van der Waals surface area contributed by atoms with Gasteiger partial charge >= 0.3 is 5.97 Å². The van der Waals surface area contributed by atoms with Gasteiger partial charge in [0.15, 0.2) is 6.29 Å². The molecule has 1 saturated heterocycles. The van der Waals surface area contributed by atoms with Gasteiger partial charge in [0.05, 0.1) is 32.0 Å². The van der Waals surface area contributed by atoms with Crippen LogP contribution in [0.15, 0.2) is 24.3 Å². The molecule has 1 rings (SSSR count). The Kier molecular flexibility index (Phi) is 57.0. The van der Waals surface area contributed by atoms with Crippen LogP contribution in [-0.4, -0.2) is 100 Å². The Bertz CT molecular complexity index is 1390. The summed E-state index contributed by atoms with van der Waals surface area (Å²) in [5.74, 6) is -0.174. The van der Waals surface area contributed by atoms with Crippen LogP contribution in [0.4, 0.5) is 0 Å². The summed E-state index contributed by atoms with van der Waals surface area (Å²) in [5.41, 5.74) is 0. The molecule has 1 fully saturated rings. The van der Waals surface area contributed by atoms with Gasteiger partial charge in [0.1, 0.15) is 24.4 Å². The lowest BCUT2D eigenvalue weighted by atomic mass is 9.99. The van der Waals surface area contributed by atoms with Gasteiger partial charge < -0.3 is 45.1 Å². The molecule has 478 valence electrons. The predicted molar refractivity (Wildman–Crippen MR) is 338 cm³/mol. The Labute approximate surface area is 499 Å². The van der Waals surface area contributed by atoms with Crippen LogP contribution >= 0.6 is 0 Å². The van der Waals surface area contributed by atoms with Crippen molar-refractivity contribution in [2.75, 3.05) is 19.8 Å². The van der Waals surface area contributed by atoms with Crippen LogP contribution in [0.5, 0.6) is 0 Å². The van der Waals surface area contributed by atoms with E-state index in [1.54, 1.807) is 6.08 Å². The highest BCUT2D eigenvalue weighted by Gasteiger charge is 2.44. The van der Waals surface area contributed by atoms with Gasteiger partial charge in [0.25, 0.3) is 0 Å². The molecule has 0 radical (unpaired) electrons. The first kappa shape index (κ1) is 77.2. The molecule has 11 nitrogen and oxygen atoms in total. The average Bonchev–Trinajstić information content (AvgIpc) is 3.46. The fourth-order valence-corrected chi connectivity index (χ4v) is 11.3. The first-order valence-corrected chi connectivity index (χ1v) is 35.1. The fraction of sp³-hybridized carbons (Fsp3) is 0.914.